The molecule has 5 heteroatoms. The predicted molar refractivity (Wildman–Crippen MR) is 47.4 cm³/mol. The highest BCUT2D eigenvalue weighted by Gasteiger charge is 2.16. The van der Waals surface area contributed by atoms with Crippen molar-refractivity contribution in [3.05, 3.63) is 17.7 Å². The fraction of sp³-hybridized carbons (Fsp3) is 0.222. The lowest BCUT2D eigenvalue weighted by Crippen LogP contribution is -2.04. The number of rotatable bonds is 2. The lowest BCUT2D eigenvalue weighted by molar-refractivity contribution is 0.0522. The first-order valence-corrected chi connectivity index (χ1v) is 3.98. The van der Waals surface area contributed by atoms with E-state index in [9.17, 15) is 9.90 Å². The van der Waals surface area contributed by atoms with Crippen molar-refractivity contribution in [1.82, 2.24) is 0 Å². The van der Waals surface area contributed by atoms with Crippen molar-refractivity contribution < 1.29 is 24.9 Å². The van der Waals surface area contributed by atoms with Crippen LogP contribution in [0.5, 0.6) is 17.2 Å². The Hall–Kier alpha value is -1.91. The van der Waals surface area contributed by atoms with Gasteiger partial charge in [-0.3, -0.25) is 0 Å². The zero-order chi connectivity index (χ0) is 10.7. The molecule has 5 nitrogen and oxygen atoms in total. The minimum Gasteiger partial charge on any atom is -0.508 e. The number of hydrogen-bond donors (Lipinski definition) is 3. The Morgan fingerprint density at radius 3 is 2.57 bits per heavy atom. The first kappa shape index (κ1) is 10.2. The zero-order valence-electron chi connectivity index (χ0n) is 7.52. The van der Waals surface area contributed by atoms with Gasteiger partial charge in [0.15, 0.2) is 11.5 Å². The SMILES string of the molecule is CCOC(=O)c1cc(O)cc(O)c1O. The average Bonchev–Trinajstić information content (AvgIpc) is 2.11. The van der Waals surface area contributed by atoms with Crippen LogP contribution in [-0.2, 0) is 4.74 Å². The van der Waals surface area contributed by atoms with Crippen LogP contribution in [0.15, 0.2) is 12.1 Å². The van der Waals surface area contributed by atoms with E-state index in [-0.39, 0.29) is 17.9 Å². The van der Waals surface area contributed by atoms with Gasteiger partial charge < -0.3 is 20.1 Å². The van der Waals surface area contributed by atoms with E-state index >= 15 is 0 Å². The van der Waals surface area contributed by atoms with Crippen LogP contribution in [0.1, 0.15) is 17.3 Å². The van der Waals surface area contributed by atoms with Crippen LogP contribution in [0.4, 0.5) is 0 Å². The molecule has 3 N–H and O–H groups in total. The highest BCUT2D eigenvalue weighted by atomic mass is 16.5. The van der Waals surface area contributed by atoms with Crippen molar-refractivity contribution >= 4 is 5.97 Å². The summed E-state index contributed by atoms with van der Waals surface area (Å²) in [6.07, 6.45) is 0. The Bertz CT molecular complexity index is 358. The number of hydrogen-bond acceptors (Lipinski definition) is 5. The van der Waals surface area contributed by atoms with Gasteiger partial charge in [0, 0.05) is 6.07 Å². The summed E-state index contributed by atoms with van der Waals surface area (Å²) in [7, 11) is 0. The monoisotopic (exact) mass is 198 g/mol. The Balaban J connectivity index is 3.13. The first-order valence-electron chi connectivity index (χ1n) is 3.98. The van der Waals surface area contributed by atoms with E-state index in [1.54, 1.807) is 6.92 Å². The summed E-state index contributed by atoms with van der Waals surface area (Å²) in [6.45, 7) is 1.76. The molecule has 0 saturated heterocycles. The van der Waals surface area contributed by atoms with E-state index < -0.39 is 17.5 Å². The van der Waals surface area contributed by atoms with Crippen LogP contribution < -0.4 is 0 Å². The van der Waals surface area contributed by atoms with E-state index in [0.29, 0.717) is 0 Å². The number of aromatic hydroxyl groups is 3. The summed E-state index contributed by atoms with van der Waals surface area (Å²) in [5.41, 5.74) is -0.260. The number of esters is 1. The van der Waals surface area contributed by atoms with Gasteiger partial charge in [0.25, 0.3) is 0 Å². The number of ether oxygens (including phenoxy) is 1. The molecule has 0 aliphatic rings. The molecule has 0 bridgehead atoms. The van der Waals surface area contributed by atoms with Crippen molar-refractivity contribution in [2.45, 2.75) is 6.92 Å². The van der Waals surface area contributed by atoms with Gasteiger partial charge in [0.05, 0.1) is 6.61 Å². The second kappa shape index (κ2) is 3.87. The minimum absolute atomic E-state index is 0.148. The summed E-state index contributed by atoms with van der Waals surface area (Å²) < 4.78 is 4.60. The maximum Gasteiger partial charge on any atom is 0.342 e. The normalized spacial score (nSPS) is 9.79. The molecule has 0 aromatic heterocycles. The molecular weight excluding hydrogens is 188 g/mol. The Morgan fingerprint density at radius 2 is 2.00 bits per heavy atom. The molecule has 0 amide bonds. The largest absolute Gasteiger partial charge is 0.508 e. The average molecular weight is 198 g/mol. The second-order valence-electron chi connectivity index (χ2n) is 2.58. The van der Waals surface area contributed by atoms with Crippen molar-refractivity contribution in [2.24, 2.45) is 0 Å². The third-order valence-electron chi connectivity index (χ3n) is 1.57. The van der Waals surface area contributed by atoms with Gasteiger partial charge in [-0.15, -0.1) is 0 Å². The summed E-state index contributed by atoms with van der Waals surface area (Å²) in [5, 5.41) is 27.4. The summed E-state index contributed by atoms with van der Waals surface area (Å²) in [6, 6.07) is 1.95. The Labute approximate surface area is 80.2 Å². The van der Waals surface area contributed by atoms with Gasteiger partial charge in [-0.1, -0.05) is 0 Å². The topological polar surface area (TPSA) is 87.0 Å². The molecule has 0 aliphatic heterocycles. The van der Waals surface area contributed by atoms with Crippen LogP contribution >= 0.6 is 0 Å². The molecule has 0 aliphatic carbocycles. The molecule has 0 unspecified atom stereocenters. The summed E-state index contributed by atoms with van der Waals surface area (Å²) in [5.74, 6) is -2.27. The zero-order valence-corrected chi connectivity index (χ0v) is 7.52. The van der Waals surface area contributed by atoms with E-state index in [0.717, 1.165) is 12.1 Å². The highest BCUT2D eigenvalue weighted by Crippen LogP contribution is 2.33. The molecule has 0 heterocycles. The molecular formula is C9H10O5. The quantitative estimate of drug-likeness (QED) is 0.374. The van der Waals surface area contributed by atoms with Gasteiger partial charge in [-0.05, 0) is 13.0 Å². The molecule has 14 heavy (non-hydrogen) atoms. The minimum atomic E-state index is -0.795. The van der Waals surface area contributed by atoms with Gasteiger partial charge >= 0.3 is 5.97 Å². The molecule has 1 rings (SSSR count). The lowest BCUT2D eigenvalue weighted by atomic mass is 10.2. The molecule has 0 saturated carbocycles. The van der Waals surface area contributed by atoms with Gasteiger partial charge in [0.2, 0.25) is 0 Å². The van der Waals surface area contributed by atoms with Crippen LogP contribution in [0.3, 0.4) is 0 Å². The van der Waals surface area contributed by atoms with E-state index in [1.165, 1.54) is 0 Å². The van der Waals surface area contributed by atoms with Crippen LogP contribution in [0, 0.1) is 0 Å². The van der Waals surface area contributed by atoms with E-state index in [1.807, 2.05) is 0 Å². The predicted octanol–water partition coefficient (Wildman–Crippen LogP) is 0.980. The number of phenolic OH excluding ortho intramolecular Hbond substituents is 3. The molecule has 0 fully saturated rings. The van der Waals surface area contributed by atoms with Gasteiger partial charge in [-0.2, -0.15) is 0 Å². The number of carbonyl (C=O) groups excluding carboxylic acids is 1. The molecule has 1 aromatic carbocycles. The Morgan fingerprint density at radius 1 is 1.36 bits per heavy atom. The third kappa shape index (κ3) is 1.87. The molecule has 1 aromatic rings. The number of phenols is 3. The standard InChI is InChI=1S/C9H10O5/c1-2-14-9(13)6-3-5(10)4-7(11)8(6)12/h3-4,10-12H,2H2,1H3. The van der Waals surface area contributed by atoms with Gasteiger partial charge in [0.1, 0.15) is 11.3 Å². The lowest BCUT2D eigenvalue weighted by Gasteiger charge is -2.06. The molecule has 76 valence electrons. The van der Waals surface area contributed by atoms with Crippen LogP contribution in [-0.4, -0.2) is 27.9 Å². The third-order valence-corrected chi connectivity index (χ3v) is 1.57. The van der Waals surface area contributed by atoms with Crippen molar-refractivity contribution in [3.63, 3.8) is 0 Å². The van der Waals surface area contributed by atoms with E-state index in [2.05, 4.69) is 4.74 Å². The molecule has 0 spiro atoms. The number of benzene rings is 1. The van der Waals surface area contributed by atoms with Crippen molar-refractivity contribution in [2.75, 3.05) is 6.61 Å². The number of carbonyl (C=O) groups is 1. The smallest absolute Gasteiger partial charge is 0.342 e. The second-order valence-corrected chi connectivity index (χ2v) is 2.58. The van der Waals surface area contributed by atoms with Crippen LogP contribution in [0.25, 0.3) is 0 Å². The molecule has 0 radical (unpaired) electrons. The fourth-order valence-electron chi connectivity index (χ4n) is 0.969. The van der Waals surface area contributed by atoms with Crippen molar-refractivity contribution in [3.8, 4) is 17.2 Å². The maximum atomic E-state index is 11.2. The van der Waals surface area contributed by atoms with Gasteiger partial charge in [-0.25, -0.2) is 4.79 Å². The first-order chi connectivity index (χ1) is 6.56. The van der Waals surface area contributed by atoms with Crippen LogP contribution in [0.2, 0.25) is 0 Å². The maximum absolute atomic E-state index is 11.2. The summed E-state index contributed by atoms with van der Waals surface area (Å²) in [4.78, 5) is 11.2. The highest BCUT2D eigenvalue weighted by molar-refractivity contribution is 5.93. The van der Waals surface area contributed by atoms with E-state index in [4.69, 9.17) is 10.2 Å². The fourth-order valence-corrected chi connectivity index (χ4v) is 0.969. The van der Waals surface area contributed by atoms with Crippen molar-refractivity contribution in [1.29, 1.82) is 0 Å². The molecule has 0 atom stereocenters. The summed E-state index contributed by atoms with van der Waals surface area (Å²) >= 11 is 0. The Kier molecular flexibility index (Phi) is 2.81.